The Morgan fingerprint density at radius 1 is 0.903 bits per heavy atom. The molecule has 5 nitrogen and oxygen atoms in total. The second kappa shape index (κ2) is 14.6. The third-order valence-corrected chi connectivity index (χ3v) is 5.17. The van der Waals surface area contributed by atoms with Gasteiger partial charge in [0.05, 0.1) is 19.0 Å². The zero-order chi connectivity index (χ0) is 22.3. The van der Waals surface area contributed by atoms with Crippen LogP contribution in [0, 0.1) is 0 Å². The molecule has 0 saturated heterocycles. The first-order chi connectivity index (χ1) is 15.1. The van der Waals surface area contributed by atoms with Crippen molar-refractivity contribution in [2.75, 3.05) is 6.61 Å². The Bertz CT molecular complexity index is 744. The van der Waals surface area contributed by atoms with Gasteiger partial charge in [0.1, 0.15) is 6.10 Å². The maximum atomic E-state index is 11.6. The van der Waals surface area contributed by atoms with Crippen LogP contribution >= 0.6 is 0 Å². The first-order valence-corrected chi connectivity index (χ1v) is 11.9. The van der Waals surface area contributed by atoms with Gasteiger partial charge in [0.15, 0.2) is 11.6 Å². The van der Waals surface area contributed by atoms with Crippen LogP contribution in [0.4, 0.5) is 0 Å². The molecule has 0 spiro atoms. The number of hydrogen-bond acceptors (Lipinski definition) is 5. The highest BCUT2D eigenvalue weighted by atomic mass is 16.5. The summed E-state index contributed by atoms with van der Waals surface area (Å²) in [7, 11) is 0. The van der Waals surface area contributed by atoms with Gasteiger partial charge >= 0.3 is 5.97 Å². The molecule has 0 aliphatic carbocycles. The maximum absolute atomic E-state index is 11.6. The minimum absolute atomic E-state index is 0.130. The van der Waals surface area contributed by atoms with Crippen molar-refractivity contribution < 1.29 is 14.3 Å². The Hall–Kier alpha value is -2.43. The van der Waals surface area contributed by atoms with Crippen molar-refractivity contribution in [2.45, 2.75) is 91.1 Å². The third-order valence-electron chi connectivity index (χ3n) is 5.17. The van der Waals surface area contributed by atoms with Gasteiger partial charge in [-0.05, 0) is 25.3 Å². The lowest BCUT2D eigenvalue weighted by Gasteiger charge is -2.13. The molecule has 2 aromatic rings. The van der Waals surface area contributed by atoms with Crippen molar-refractivity contribution in [3.63, 3.8) is 0 Å². The molecular weight excluding hydrogens is 388 g/mol. The highest BCUT2D eigenvalue weighted by molar-refractivity contribution is 5.69. The van der Waals surface area contributed by atoms with Crippen molar-refractivity contribution in [1.29, 1.82) is 0 Å². The number of carbonyl (C=O) groups is 1. The van der Waals surface area contributed by atoms with E-state index in [0.29, 0.717) is 31.0 Å². The molecule has 170 valence electrons. The van der Waals surface area contributed by atoms with Crippen molar-refractivity contribution in [3.8, 4) is 17.1 Å². The Balaban J connectivity index is 1.74. The predicted octanol–water partition coefficient (Wildman–Crippen LogP) is 6.55. The number of carbonyl (C=O) groups excluding carboxylic acids is 1. The Labute approximate surface area is 187 Å². The second-order valence-corrected chi connectivity index (χ2v) is 8.16. The Kier molecular flexibility index (Phi) is 11.7. The van der Waals surface area contributed by atoms with Crippen LogP contribution in [0.15, 0.2) is 36.7 Å². The zero-order valence-electron chi connectivity index (χ0n) is 19.4. The fraction of sp³-hybridized carbons (Fsp3) is 0.577. The quantitative estimate of drug-likeness (QED) is 0.239. The Morgan fingerprint density at radius 3 is 2.19 bits per heavy atom. The number of hydrogen-bond donors (Lipinski definition) is 0. The van der Waals surface area contributed by atoms with E-state index < -0.39 is 0 Å². The van der Waals surface area contributed by atoms with Crippen LogP contribution in [0.25, 0.3) is 11.4 Å². The number of unbranched alkanes of at least 4 members (excludes halogenated alkanes) is 6. The molecule has 1 unspecified atom stereocenters. The molecule has 2 rings (SSSR count). The summed E-state index contributed by atoms with van der Waals surface area (Å²) in [6, 6.07) is 8.08. The van der Waals surface area contributed by atoms with Gasteiger partial charge in [-0.2, -0.15) is 0 Å². The minimum Gasteiger partial charge on any atom is -0.490 e. The van der Waals surface area contributed by atoms with Gasteiger partial charge in [-0.15, -0.1) is 0 Å². The third kappa shape index (κ3) is 9.95. The van der Waals surface area contributed by atoms with E-state index in [0.717, 1.165) is 24.0 Å². The summed E-state index contributed by atoms with van der Waals surface area (Å²) in [5, 5.41) is 0. The van der Waals surface area contributed by atoms with E-state index in [1.807, 2.05) is 38.1 Å². The smallest absolute Gasteiger partial charge is 0.306 e. The van der Waals surface area contributed by atoms with E-state index in [2.05, 4.69) is 16.9 Å². The molecule has 0 saturated carbocycles. The number of aromatic nitrogens is 2. The van der Waals surface area contributed by atoms with E-state index in [1.165, 1.54) is 38.5 Å². The molecule has 5 heteroatoms. The van der Waals surface area contributed by atoms with Crippen molar-refractivity contribution in [3.05, 3.63) is 42.2 Å². The van der Waals surface area contributed by atoms with Gasteiger partial charge in [-0.25, -0.2) is 9.97 Å². The fourth-order valence-electron chi connectivity index (χ4n) is 3.44. The lowest BCUT2D eigenvalue weighted by Crippen LogP contribution is -2.16. The van der Waals surface area contributed by atoms with Gasteiger partial charge in [0, 0.05) is 18.4 Å². The highest BCUT2D eigenvalue weighted by Crippen LogP contribution is 2.19. The molecule has 1 atom stereocenters. The molecule has 0 aliphatic heterocycles. The van der Waals surface area contributed by atoms with E-state index in [4.69, 9.17) is 9.47 Å². The van der Waals surface area contributed by atoms with Crippen molar-refractivity contribution in [1.82, 2.24) is 9.97 Å². The molecule has 1 aromatic heterocycles. The normalized spacial score (nSPS) is 11.8. The molecule has 0 aliphatic rings. The number of esters is 1. The second-order valence-electron chi connectivity index (χ2n) is 8.16. The zero-order valence-corrected chi connectivity index (χ0v) is 19.4. The summed E-state index contributed by atoms with van der Waals surface area (Å²) in [4.78, 5) is 20.5. The predicted molar refractivity (Wildman–Crippen MR) is 125 cm³/mol. The topological polar surface area (TPSA) is 61.3 Å². The molecule has 0 radical (unpaired) electrons. The van der Waals surface area contributed by atoms with Gasteiger partial charge in [-0.1, -0.05) is 76.6 Å². The lowest BCUT2D eigenvalue weighted by atomic mass is 10.1. The van der Waals surface area contributed by atoms with Crippen LogP contribution < -0.4 is 4.74 Å². The lowest BCUT2D eigenvalue weighted by molar-refractivity contribution is -0.148. The van der Waals surface area contributed by atoms with Crippen LogP contribution in [-0.4, -0.2) is 28.6 Å². The monoisotopic (exact) mass is 426 g/mol. The van der Waals surface area contributed by atoms with E-state index in [1.54, 1.807) is 12.4 Å². The summed E-state index contributed by atoms with van der Waals surface area (Å²) >= 11 is 0. The first kappa shape index (κ1) is 24.8. The van der Waals surface area contributed by atoms with Gasteiger partial charge in [-0.3, -0.25) is 4.79 Å². The van der Waals surface area contributed by atoms with Crippen molar-refractivity contribution in [2.24, 2.45) is 0 Å². The molecule has 0 amide bonds. The molecule has 1 aromatic carbocycles. The number of benzene rings is 1. The van der Waals surface area contributed by atoms with Crippen LogP contribution in [-0.2, 0) is 16.0 Å². The average molecular weight is 427 g/mol. The van der Waals surface area contributed by atoms with E-state index >= 15 is 0 Å². The number of ether oxygens (including phenoxy) is 2. The molecule has 31 heavy (non-hydrogen) atoms. The molecule has 0 bridgehead atoms. The summed E-state index contributed by atoms with van der Waals surface area (Å²) < 4.78 is 11.2. The molecular formula is C26H38N2O3. The van der Waals surface area contributed by atoms with Gasteiger partial charge in [0.25, 0.3) is 0 Å². The standard InChI is InChI=1S/C26H38N2O3/c1-4-6-7-8-9-10-11-17-30-24-19-27-26(28-20-24)23-15-13-22(14-16-23)18-21(3)31-25(29)12-5-2/h13-16,19-21H,4-12,17-18H2,1-3H3. The molecule has 0 N–H and O–H groups in total. The first-order valence-electron chi connectivity index (χ1n) is 11.9. The van der Waals surface area contributed by atoms with Gasteiger partial charge in [0.2, 0.25) is 0 Å². The maximum Gasteiger partial charge on any atom is 0.306 e. The van der Waals surface area contributed by atoms with E-state index in [9.17, 15) is 4.79 Å². The van der Waals surface area contributed by atoms with Crippen molar-refractivity contribution >= 4 is 5.97 Å². The average Bonchev–Trinajstić information content (AvgIpc) is 2.76. The van der Waals surface area contributed by atoms with Crippen LogP contribution in [0.3, 0.4) is 0 Å². The largest absolute Gasteiger partial charge is 0.490 e. The highest BCUT2D eigenvalue weighted by Gasteiger charge is 2.10. The minimum atomic E-state index is -0.131. The number of rotatable bonds is 15. The van der Waals surface area contributed by atoms with Crippen LogP contribution in [0.5, 0.6) is 5.75 Å². The summed E-state index contributed by atoms with van der Waals surface area (Å²) in [6.07, 6.45) is 14.2. The SMILES string of the molecule is CCCCCCCCCOc1cnc(-c2ccc(CC(C)OC(=O)CCC)cc2)nc1. The molecule has 1 heterocycles. The van der Waals surface area contributed by atoms with E-state index in [-0.39, 0.29) is 12.1 Å². The Morgan fingerprint density at radius 2 is 1.55 bits per heavy atom. The van der Waals surface area contributed by atoms with Gasteiger partial charge < -0.3 is 9.47 Å². The summed E-state index contributed by atoms with van der Waals surface area (Å²) in [6.45, 7) is 6.86. The van der Waals surface area contributed by atoms with Crippen LogP contribution in [0.1, 0.15) is 84.1 Å². The summed E-state index contributed by atoms with van der Waals surface area (Å²) in [5.41, 5.74) is 2.08. The van der Waals surface area contributed by atoms with Crippen LogP contribution in [0.2, 0.25) is 0 Å². The number of nitrogens with zero attached hydrogens (tertiary/aromatic N) is 2. The summed E-state index contributed by atoms with van der Waals surface area (Å²) in [5.74, 6) is 1.26. The fourth-order valence-corrected chi connectivity index (χ4v) is 3.44. The molecule has 0 fully saturated rings.